The van der Waals surface area contributed by atoms with Crippen molar-refractivity contribution >= 4 is 17.5 Å². The Kier molecular flexibility index (Phi) is 6.29. The summed E-state index contributed by atoms with van der Waals surface area (Å²) in [6.07, 6.45) is 0.883. The smallest absolute Gasteiger partial charge is 0.387 e. The first kappa shape index (κ1) is 21.7. The zero-order chi connectivity index (χ0) is 22.7. The van der Waals surface area contributed by atoms with Crippen LogP contribution in [0.25, 0.3) is 0 Å². The molecule has 8 nitrogen and oxygen atoms in total. The monoisotopic (exact) mass is 448 g/mol. The molecule has 2 aromatic carbocycles. The van der Waals surface area contributed by atoms with Gasteiger partial charge in [-0.2, -0.15) is 8.78 Å². The molecule has 10 heteroatoms. The molecule has 0 bridgehead atoms. The average Bonchev–Trinajstić information content (AvgIpc) is 3.26. The maximum atomic E-state index is 13.0. The van der Waals surface area contributed by atoms with Crippen molar-refractivity contribution in [1.29, 1.82) is 0 Å². The Hall–Kier alpha value is -3.56. The van der Waals surface area contributed by atoms with Crippen molar-refractivity contribution in [3.63, 3.8) is 0 Å². The maximum Gasteiger partial charge on any atom is 0.387 e. The zero-order valence-electron chi connectivity index (χ0n) is 17.3. The van der Waals surface area contributed by atoms with E-state index in [1.807, 2.05) is 0 Å². The van der Waals surface area contributed by atoms with Crippen LogP contribution < -0.4 is 24.3 Å². The molecule has 0 atom stereocenters. The number of nitrogens with zero attached hydrogens (tertiary/aromatic N) is 1. The molecule has 0 aliphatic carbocycles. The van der Waals surface area contributed by atoms with Crippen molar-refractivity contribution in [3.05, 3.63) is 42.0 Å². The summed E-state index contributed by atoms with van der Waals surface area (Å²) < 4.78 is 45.9. The number of hydrogen-bond acceptors (Lipinski definition) is 6. The van der Waals surface area contributed by atoms with E-state index in [2.05, 4.69) is 10.1 Å². The first-order valence-electron chi connectivity index (χ1n) is 10.1. The number of nitrogens with one attached hydrogen (secondary N) is 1. The number of anilines is 1. The molecule has 0 saturated carbocycles. The van der Waals surface area contributed by atoms with Crippen molar-refractivity contribution in [3.8, 4) is 23.0 Å². The third-order valence-corrected chi connectivity index (χ3v) is 5.43. The molecule has 32 heavy (non-hydrogen) atoms. The number of carbonyl (C=O) groups is 2. The fourth-order valence-electron chi connectivity index (χ4n) is 3.79. The van der Waals surface area contributed by atoms with Gasteiger partial charge in [0.25, 0.3) is 5.91 Å². The first-order chi connectivity index (χ1) is 15.5. The number of ether oxygens (including phenoxy) is 4. The second-order valence-electron chi connectivity index (χ2n) is 7.34. The molecule has 1 fully saturated rings. The molecule has 0 spiro atoms. The molecule has 0 aromatic heterocycles. The number of benzene rings is 2. The normalized spacial score (nSPS) is 15.6. The molecule has 0 unspecified atom stereocenters. The second kappa shape index (κ2) is 9.29. The van der Waals surface area contributed by atoms with E-state index in [0.717, 1.165) is 0 Å². The van der Waals surface area contributed by atoms with Gasteiger partial charge in [-0.15, -0.1) is 0 Å². The summed E-state index contributed by atoms with van der Waals surface area (Å²) in [6, 6.07) is 9.56. The fourth-order valence-corrected chi connectivity index (χ4v) is 3.79. The maximum absolute atomic E-state index is 13.0. The van der Waals surface area contributed by atoms with E-state index in [1.165, 1.54) is 30.2 Å². The van der Waals surface area contributed by atoms with Crippen LogP contribution in [0.1, 0.15) is 23.2 Å². The van der Waals surface area contributed by atoms with Gasteiger partial charge < -0.3 is 29.2 Å². The highest BCUT2D eigenvalue weighted by Crippen LogP contribution is 2.35. The van der Waals surface area contributed by atoms with Gasteiger partial charge in [0.1, 0.15) is 0 Å². The molecule has 1 saturated heterocycles. The molecule has 2 heterocycles. The van der Waals surface area contributed by atoms with Gasteiger partial charge in [-0.05, 0) is 37.1 Å². The number of piperidine rings is 1. The van der Waals surface area contributed by atoms with E-state index in [1.54, 1.807) is 18.2 Å². The Balaban J connectivity index is 1.38. The molecule has 4 rings (SSSR count). The summed E-state index contributed by atoms with van der Waals surface area (Å²) in [5.74, 6) is 0.0671. The molecule has 2 amide bonds. The topological polar surface area (TPSA) is 86.3 Å². The van der Waals surface area contributed by atoms with E-state index in [9.17, 15) is 18.4 Å². The fraction of sp³-hybridized carbons (Fsp3) is 0.364. The lowest BCUT2D eigenvalue weighted by Gasteiger charge is -2.32. The van der Waals surface area contributed by atoms with Gasteiger partial charge in [-0.3, -0.25) is 9.59 Å². The molecular weight excluding hydrogens is 426 g/mol. The summed E-state index contributed by atoms with van der Waals surface area (Å²) in [5, 5.41) is 2.87. The van der Waals surface area contributed by atoms with E-state index in [0.29, 0.717) is 43.1 Å². The van der Waals surface area contributed by atoms with Crippen LogP contribution >= 0.6 is 0 Å². The number of alkyl halides is 2. The minimum atomic E-state index is -3.09. The van der Waals surface area contributed by atoms with Crippen LogP contribution in [0.4, 0.5) is 14.5 Å². The molecule has 1 N–H and O–H groups in total. The summed E-state index contributed by atoms with van der Waals surface area (Å²) in [4.78, 5) is 27.2. The number of para-hydroxylation sites is 1. The van der Waals surface area contributed by atoms with Crippen LogP contribution in [0.15, 0.2) is 36.4 Å². The predicted octanol–water partition coefficient (Wildman–Crippen LogP) is 3.52. The van der Waals surface area contributed by atoms with E-state index < -0.39 is 12.5 Å². The van der Waals surface area contributed by atoms with Gasteiger partial charge in [0.05, 0.1) is 12.7 Å². The number of fused-ring (bicyclic) bond motifs is 1. The predicted molar refractivity (Wildman–Crippen MR) is 109 cm³/mol. The van der Waals surface area contributed by atoms with Crippen LogP contribution in [-0.4, -0.2) is 50.3 Å². The largest absolute Gasteiger partial charge is 0.493 e. The van der Waals surface area contributed by atoms with Crippen LogP contribution in [0.3, 0.4) is 0 Å². The van der Waals surface area contributed by atoms with Crippen molar-refractivity contribution in [1.82, 2.24) is 4.90 Å². The van der Waals surface area contributed by atoms with Crippen molar-refractivity contribution in [2.45, 2.75) is 19.5 Å². The average molecular weight is 448 g/mol. The molecule has 0 radical (unpaired) electrons. The lowest BCUT2D eigenvalue weighted by molar-refractivity contribution is -0.121. The van der Waals surface area contributed by atoms with E-state index in [4.69, 9.17) is 14.2 Å². The number of carbonyl (C=O) groups excluding carboxylic acids is 2. The number of rotatable bonds is 6. The lowest BCUT2D eigenvalue weighted by Crippen LogP contribution is -2.41. The standard InChI is InChI=1S/C22H22F2N2O6/c1-29-17-4-2-3-15(19(17)32-22(23)24)21(28)26-9-7-13(8-10-26)20(27)25-14-5-6-16-18(11-14)31-12-30-16/h2-6,11,13,22H,7-10,12H2,1H3,(H,25,27). The Morgan fingerprint density at radius 3 is 2.59 bits per heavy atom. The van der Waals surface area contributed by atoms with Crippen LogP contribution in [-0.2, 0) is 4.79 Å². The van der Waals surface area contributed by atoms with Crippen molar-refractivity contribution in [2.75, 3.05) is 32.3 Å². The summed E-state index contributed by atoms with van der Waals surface area (Å²) >= 11 is 0. The third-order valence-electron chi connectivity index (χ3n) is 5.43. The highest BCUT2D eigenvalue weighted by atomic mass is 19.3. The quantitative estimate of drug-likeness (QED) is 0.728. The minimum Gasteiger partial charge on any atom is -0.493 e. The highest BCUT2D eigenvalue weighted by molar-refractivity contribution is 5.98. The highest BCUT2D eigenvalue weighted by Gasteiger charge is 2.30. The number of amides is 2. The van der Waals surface area contributed by atoms with Gasteiger partial charge in [-0.1, -0.05) is 6.07 Å². The summed E-state index contributed by atoms with van der Waals surface area (Å²) in [7, 11) is 1.31. The minimum absolute atomic E-state index is 0.00656. The Bertz CT molecular complexity index is 1010. The van der Waals surface area contributed by atoms with Gasteiger partial charge in [0.15, 0.2) is 23.0 Å². The van der Waals surface area contributed by atoms with Gasteiger partial charge in [0, 0.05) is 30.8 Å². The van der Waals surface area contributed by atoms with Crippen molar-refractivity contribution in [2.24, 2.45) is 5.92 Å². The number of likely N-dealkylation sites (tertiary alicyclic amines) is 1. The number of halogens is 2. The number of hydrogen-bond donors (Lipinski definition) is 1. The van der Waals surface area contributed by atoms with E-state index in [-0.39, 0.29) is 35.7 Å². The molecule has 2 aliphatic rings. The summed E-state index contributed by atoms with van der Waals surface area (Å²) in [5.41, 5.74) is 0.593. The first-order valence-corrected chi connectivity index (χ1v) is 10.1. The Labute approximate surface area is 183 Å². The summed E-state index contributed by atoms with van der Waals surface area (Å²) in [6.45, 7) is -2.33. The second-order valence-corrected chi connectivity index (χ2v) is 7.34. The van der Waals surface area contributed by atoms with Crippen LogP contribution in [0.2, 0.25) is 0 Å². The van der Waals surface area contributed by atoms with Crippen LogP contribution in [0, 0.1) is 5.92 Å². The third kappa shape index (κ3) is 4.53. The van der Waals surface area contributed by atoms with Gasteiger partial charge in [-0.25, -0.2) is 0 Å². The molecular formula is C22H22F2N2O6. The Morgan fingerprint density at radius 2 is 1.88 bits per heavy atom. The molecule has 2 aromatic rings. The molecule has 170 valence electrons. The molecule has 2 aliphatic heterocycles. The van der Waals surface area contributed by atoms with Gasteiger partial charge in [0.2, 0.25) is 12.7 Å². The SMILES string of the molecule is COc1cccc(C(=O)N2CCC(C(=O)Nc3ccc4c(c3)OCO4)CC2)c1OC(F)F. The Morgan fingerprint density at radius 1 is 1.12 bits per heavy atom. The van der Waals surface area contributed by atoms with E-state index >= 15 is 0 Å². The van der Waals surface area contributed by atoms with Crippen molar-refractivity contribution < 1.29 is 37.3 Å². The zero-order valence-corrected chi connectivity index (χ0v) is 17.3. The number of methoxy groups -OCH3 is 1. The van der Waals surface area contributed by atoms with Gasteiger partial charge >= 0.3 is 6.61 Å². The van der Waals surface area contributed by atoms with Crippen LogP contribution in [0.5, 0.6) is 23.0 Å². The lowest BCUT2D eigenvalue weighted by atomic mass is 9.95.